The Kier molecular flexibility index (Phi) is 2.84. The molecule has 0 aliphatic rings. The van der Waals surface area contributed by atoms with Crippen LogP contribution in [0.5, 0.6) is 0 Å². The molecule has 0 aliphatic carbocycles. The van der Waals surface area contributed by atoms with Gasteiger partial charge in [0.15, 0.2) is 5.82 Å². The van der Waals surface area contributed by atoms with Crippen LogP contribution < -0.4 is 5.73 Å². The van der Waals surface area contributed by atoms with Crippen molar-refractivity contribution in [2.75, 3.05) is 6.54 Å². The van der Waals surface area contributed by atoms with Crippen LogP contribution in [-0.2, 0) is 6.42 Å². The third-order valence-electron chi connectivity index (χ3n) is 2.26. The summed E-state index contributed by atoms with van der Waals surface area (Å²) in [5, 5.41) is 0.884. The Balaban J connectivity index is 2.71. The highest BCUT2D eigenvalue weighted by molar-refractivity contribution is 6.32. The molecule has 0 saturated heterocycles. The maximum Gasteiger partial charge on any atom is 0.168 e. The van der Waals surface area contributed by atoms with Crippen LogP contribution in [0.2, 0.25) is 5.02 Å². The predicted octanol–water partition coefficient (Wildman–Crippen LogP) is 2.53. The molecule has 0 atom stereocenters. The lowest BCUT2D eigenvalue weighted by Crippen LogP contribution is -2.04. The van der Waals surface area contributed by atoms with Crippen LogP contribution in [0.1, 0.15) is 5.56 Å². The summed E-state index contributed by atoms with van der Waals surface area (Å²) in [6.07, 6.45) is 2.12. The third-order valence-corrected chi connectivity index (χ3v) is 2.67. The number of pyridine rings is 1. The molecular formula is C11H10ClFN2. The van der Waals surface area contributed by atoms with Crippen molar-refractivity contribution in [3.05, 3.63) is 40.8 Å². The van der Waals surface area contributed by atoms with E-state index in [-0.39, 0.29) is 5.02 Å². The van der Waals surface area contributed by atoms with Crippen LogP contribution >= 0.6 is 11.6 Å². The maximum atomic E-state index is 13.7. The van der Waals surface area contributed by atoms with Gasteiger partial charge in [-0.15, -0.1) is 0 Å². The molecule has 2 nitrogen and oxygen atoms in total. The molecule has 0 spiro atoms. The molecule has 0 bridgehead atoms. The van der Waals surface area contributed by atoms with Gasteiger partial charge in [-0.05, 0) is 30.7 Å². The Bertz CT molecular complexity index is 499. The van der Waals surface area contributed by atoms with Crippen molar-refractivity contribution >= 4 is 22.5 Å². The van der Waals surface area contributed by atoms with Crippen molar-refractivity contribution in [1.29, 1.82) is 0 Å². The zero-order chi connectivity index (χ0) is 10.8. The van der Waals surface area contributed by atoms with Crippen LogP contribution in [0, 0.1) is 5.82 Å². The molecule has 0 aliphatic heterocycles. The number of benzene rings is 1. The van der Waals surface area contributed by atoms with Crippen LogP contribution in [0.4, 0.5) is 4.39 Å². The molecule has 0 saturated carbocycles. The van der Waals surface area contributed by atoms with Gasteiger partial charge in [0.05, 0.1) is 5.02 Å². The van der Waals surface area contributed by atoms with Gasteiger partial charge in [-0.25, -0.2) is 4.39 Å². The van der Waals surface area contributed by atoms with Crippen molar-refractivity contribution in [3.8, 4) is 0 Å². The molecule has 78 valence electrons. The molecule has 0 unspecified atom stereocenters. The molecule has 1 aromatic heterocycles. The molecule has 1 heterocycles. The quantitative estimate of drug-likeness (QED) is 0.852. The number of rotatable bonds is 2. The minimum atomic E-state index is -0.460. The van der Waals surface area contributed by atoms with E-state index in [9.17, 15) is 4.39 Å². The number of halogens is 2. The smallest absolute Gasteiger partial charge is 0.168 e. The molecule has 2 rings (SSSR count). The first-order valence-corrected chi connectivity index (χ1v) is 5.03. The topological polar surface area (TPSA) is 38.9 Å². The van der Waals surface area contributed by atoms with E-state index in [2.05, 4.69) is 4.98 Å². The van der Waals surface area contributed by atoms with Gasteiger partial charge in [-0.1, -0.05) is 17.7 Å². The second-order valence-electron chi connectivity index (χ2n) is 3.28. The van der Waals surface area contributed by atoms with Gasteiger partial charge in [0.2, 0.25) is 0 Å². The zero-order valence-electron chi connectivity index (χ0n) is 8.00. The van der Waals surface area contributed by atoms with E-state index in [0.717, 1.165) is 10.9 Å². The molecule has 15 heavy (non-hydrogen) atoms. The number of hydrogen-bond donors (Lipinski definition) is 1. The minimum Gasteiger partial charge on any atom is -0.330 e. The Hall–Kier alpha value is -1.19. The Morgan fingerprint density at radius 1 is 1.47 bits per heavy atom. The maximum absolute atomic E-state index is 13.7. The van der Waals surface area contributed by atoms with E-state index in [4.69, 9.17) is 17.3 Å². The van der Waals surface area contributed by atoms with E-state index in [1.165, 1.54) is 0 Å². The highest BCUT2D eigenvalue weighted by Crippen LogP contribution is 2.27. The van der Waals surface area contributed by atoms with E-state index in [1.54, 1.807) is 12.3 Å². The third kappa shape index (κ3) is 1.80. The number of nitrogens with zero attached hydrogens (tertiary/aromatic N) is 1. The number of hydrogen-bond acceptors (Lipinski definition) is 2. The van der Waals surface area contributed by atoms with Gasteiger partial charge < -0.3 is 5.73 Å². The predicted molar refractivity (Wildman–Crippen MR) is 59.5 cm³/mol. The van der Waals surface area contributed by atoms with Gasteiger partial charge >= 0.3 is 0 Å². The highest BCUT2D eigenvalue weighted by atomic mass is 35.5. The first-order chi connectivity index (χ1) is 7.24. The minimum absolute atomic E-state index is 0.131. The van der Waals surface area contributed by atoms with Gasteiger partial charge in [0.25, 0.3) is 0 Å². The fourth-order valence-corrected chi connectivity index (χ4v) is 1.79. The van der Waals surface area contributed by atoms with E-state index in [1.807, 2.05) is 12.1 Å². The molecule has 0 fully saturated rings. The van der Waals surface area contributed by atoms with Crippen LogP contribution in [0.25, 0.3) is 10.9 Å². The summed E-state index contributed by atoms with van der Waals surface area (Å²) in [5.41, 5.74) is 6.47. The lowest BCUT2D eigenvalue weighted by molar-refractivity contribution is 0.635. The number of aromatic nitrogens is 1. The van der Waals surface area contributed by atoms with Crippen molar-refractivity contribution in [1.82, 2.24) is 4.98 Å². The lowest BCUT2D eigenvalue weighted by atomic mass is 10.1. The van der Waals surface area contributed by atoms with Crippen molar-refractivity contribution < 1.29 is 4.39 Å². The molecular weight excluding hydrogens is 215 g/mol. The first-order valence-electron chi connectivity index (χ1n) is 4.65. The summed E-state index contributed by atoms with van der Waals surface area (Å²) in [7, 11) is 0. The Labute approximate surface area is 91.9 Å². The summed E-state index contributed by atoms with van der Waals surface area (Å²) in [6, 6.07) is 5.41. The van der Waals surface area contributed by atoms with E-state index < -0.39 is 5.82 Å². The second kappa shape index (κ2) is 4.13. The van der Waals surface area contributed by atoms with Crippen molar-refractivity contribution in [2.24, 2.45) is 5.73 Å². The fraction of sp³-hybridized carbons (Fsp3) is 0.182. The summed E-state index contributed by atoms with van der Waals surface area (Å²) >= 11 is 5.88. The molecule has 0 radical (unpaired) electrons. The average Bonchev–Trinajstić information content (AvgIpc) is 2.26. The summed E-state index contributed by atoms with van der Waals surface area (Å²) in [6.45, 7) is 0.449. The normalized spacial score (nSPS) is 10.9. The van der Waals surface area contributed by atoms with E-state index in [0.29, 0.717) is 18.5 Å². The second-order valence-corrected chi connectivity index (χ2v) is 3.66. The highest BCUT2D eigenvalue weighted by Gasteiger charge is 2.11. The monoisotopic (exact) mass is 224 g/mol. The number of nitrogens with two attached hydrogens (primary N) is 1. The van der Waals surface area contributed by atoms with Crippen LogP contribution in [0.15, 0.2) is 24.4 Å². The summed E-state index contributed by atoms with van der Waals surface area (Å²) < 4.78 is 13.7. The SMILES string of the molecule is NCCc1cc2cccnc2c(F)c1Cl. The standard InChI is InChI=1S/C11H10ClFN2/c12-9-7(3-4-14)6-8-2-1-5-15-11(8)10(9)13/h1-2,5-6H,3-4,14H2. The summed E-state index contributed by atoms with van der Waals surface area (Å²) in [5.74, 6) is -0.460. The summed E-state index contributed by atoms with van der Waals surface area (Å²) in [4.78, 5) is 3.95. The largest absolute Gasteiger partial charge is 0.330 e. The van der Waals surface area contributed by atoms with Gasteiger partial charge in [-0.3, -0.25) is 4.98 Å². The van der Waals surface area contributed by atoms with Gasteiger partial charge in [0, 0.05) is 11.6 Å². The molecule has 2 N–H and O–H groups in total. The molecule has 0 amide bonds. The molecule has 2 aromatic rings. The Morgan fingerprint density at radius 2 is 2.27 bits per heavy atom. The van der Waals surface area contributed by atoms with Crippen molar-refractivity contribution in [3.63, 3.8) is 0 Å². The Morgan fingerprint density at radius 3 is 3.00 bits per heavy atom. The van der Waals surface area contributed by atoms with Crippen molar-refractivity contribution in [2.45, 2.75) is 6.42 Å². The number of fused-ring (bicyclic) bond motifs is 1. The lowest BCUT2D eigenvalue weighted by Gasteiger charge is -2.06. The van der Waals surface area contributed by atoms with Crippen LogP contribution in [0.3, 0.4) is 0 Å². The van der Waals surface area contributed by atoms with E-state index >= 15 is 0 Å². The van der Waals surface area contributed by atoms with Gasteiger partial charge in [0.1, 0.15) is 5.52 Å². The first kappa shape index (κ1) is 10.3. The molecule has 1 aromatic carbocycles. The zero-order valence-corrected chi connectivity index (χ0v) is 8.76. The average molecular weight is 225 g/mol. The molecule has 4 heteroatoms. The van der Waals surface area contributed by atoms with Gasteiger partial charge in [-0.2, -0.15) is 0 Å². The fourth-order valence-electron chi connectivity index (χ4n) is 1.55. The van der Waals surface area contributed by atoms with Crippen LogP contribution in [-0.4, -0.2) is 11.5 Å².